The molecule has 176 valence electrons. The van der Waals surface area contributed by atoms with E-state index in [0.29, 0.717) is 17.5 Å². The maximum Gasteiger partial charge on any atom is 0.251 e. The van der Waals surface area contributed by atoms with Gasteiger partial charge in [-0.05, 0) is 86.6 Å². The van der Waals surface area contributed by atoms with E-state index < -0.39 is 0 Å². The number of ether oxygens (including phenoxy) is 2. The van der Waals surface area contributed by atoms with Crippen molar-refractivity contribution in [3.63, 3.8) is 0 Å². The van der Waals surface area contributed by atoms with Crippen LogP contribution in [0.15, 0.2) is 59.1 Å². The highest BCUT2D eigenvalue weighted by Crippen LogP contribution is 2.61. The molecule has 2 aromatic heterocycles. The van der Waals surface area contributed by atoms with Crippen molar-refractivity contribution in [1.29, 1.82) is 0 Å². The van der Waals surface area contributed by atoms with Crippen LogP contribution in [-0.4, -0.2) is 26.8 Å². The summed E-state index contributed by atoms with van der Waals surface area (Å²) in [6, 6.07) is 16.0. The van der Waals surface area contributed by atoms with Gasteiger partial charge in [0.25, 0.3) is 5.89 Å². The summed E-state index contributed by atoms with van der Waals surface area (Å²) in [4.78, 5) is 0. The van der Waals surface area contributed by atoms with Crippen molar-refractivity contribution in [2.45, 2.75) is 43.9 Å². The average molecular weight is 467 g/mol. The van der Waals surface area contributed by atoms with E-state index in [4.69, 9.17) is 19.0 Å². The van der Waals surface area contributed by atoms with Gasteiger partial charge in [0.2, 0.25) is 12.7 Å². The third-order valence-corrected chi connectivity index (χ3v) is 8.55. The lowest BCUT2D eigenvalue weighted by Crippen LogP contribution is -2.49. The Morgan fingerprint density at radius 3 is 2.29 bits per heavy atom. The second-order valence-electron chi connectivity index (χ2n) is 10.8. The lowest BCUT2D eigenvalue weighted by atomic mass is 9.48. The zero-order chi connectivity index (χ0) is 23.0. The Balaban J connectivity index is 1.24. The van der Waals surface area contributed by atoms with E-state index in [0.717, 1.165) is 46.0 Å². The largest absolute Gasteiger partial charge is 0.454 e. The van der Waals surface area contributed by atoms with Crippen molar-refractivity contribution in [2.24, 2.45) is 17.8 Å². The molecule has 4 aromatic rings. The van der Waals surface area contributed by atoms with Gasteiger partial charge in [-0.25, -0.2) is 4.68 Å². The Hall–Kier alpha value is -3.61. The van der Waals surface area contributed by atoms with Gasteiger partial charge in [0.05, 0.1) is 16.9 Å². The molecule has 35 heavy (non-hydrogen) atoms. The van der Waals surface area contributed by atoms with E-state index >= 15 is 0 Å². The first-order chi connectivity index (χ1) is 17.2. The molecule has 4 saturated carbocycles. The molecule has 0 atom stereocenters. The molecule has 1 aliphatic heterocycles. The second-order valence-corrected chi connectivity index (χ2v) is 10.8. The summed E-state index contributed by atoms with van der Waals surface area (Å²) in [5.41, 5.74) is 4.08. The number of rotatable bonds is 4. The Labute approximate surface area is 203 Å². The van der Waals surface area contributed by atoms with Gasteiger partial charge in [0.15, 0.2) is 11.5 Å². The number of aromatic nitrogens is 4. The van der Waals surface area contributed by atoms with E-state index in [1.807, 2.05) is 41.1 Å². The van der Waals surface area contributed by atoms with Crippen molar-refractivity contribution in [1.82, 2.24) is 20.0 Å². The minimum absolute atomic E-state index is 0.109. The third kappa shape index (κ3) is 3.07. The minimum Gasteiger partial charge on any atom is -0.454 e. The maximum absolute atomic E-state index is 6.30. The zero-order valence-electron chi connectivity index (χ0n) is 19.4. The molecule has 2 aromatic carbocycles. The van der Waals surface area contributed by atoms with E-state index in [9.17, 15) is 0 Å². The van der Waals surface area contributed by atoms with Crippen LogP contribution in [0.5, 0.6) is 11.5 Å². The smallest absolute Gasteiger partial charge is 0.251 e. The first-order valence-corrected chi connectivity index (χ1v) is 12.6. The van der Waals surface area contributed by atoms with Crippen LogP contribution in [0.4, 0.5) is 0 Å². The molecule has 0 saturated heterocycles. The van der Waals surface area contributed by atoms with Gasteiger partial charge in [-0.15, -0.1) is 10.2 Å². The molecule has 9 rings (SSSR count). The molecule has 3 heterocycles. The summed E-state index contributed by atoms with van der Waals surface area (Å²) in [5, 5.41) is 14.1. The fourth-order valence-corrected chi connectivity index (χ4v) is 7.51. The second kappa shape index (κ2) is 7.20. The normalized spacial score (nSPS) is 28.1. The van der Waals surface area contributed by atoms with Gasteiger partial charge in [-0.1, -0.05) is 18.2 Å². The van der Waals surface area contributed by atoms with Crippen LogP contribution in [0.1, 0.15) is 44.2 Å². The maximum atomic E-state index is 6.30. The Morgan fingerprint density at radius 1 is 0.800 bits per heavy atom. The fourth-order valence-electron chi connectivity index (χ4n) is 7.51. The standard InChI is InChI=1S/C28H26N4O3/c1-2-4-21(5-3-1)32-15-22(25(31-32)28-12-17-8-18(13-28)10-19(9-17)14-28)27-30-29-26(35-27)20-6-7-23-24(11-20)34-16-33-23/h1-7,11,15,17-19H,8-10,12-14,16H2. The van der Waals surface area contributed by atoms with Crippen molar-refractivity contribution < 1.29 is 13.9 Å². The Bertz CT molecular complexity index is 1390. The predicted octanol–water partition coefficient (Wildman–Crippen LogP) is 5.79. The molecule has 4 bridgehead atoms. The van der Waals surface area contributed by atoms with Gasteiger partial charge in [0.1, 0.15) is 0 Å². The van der Waals surface area contributed by atoms with Crippen LogP contribution >= 0.6 is 0 Å². The first kappa shape index (κ1) is 19.7. The zero-order valence-corrected chi connectivity index (χ0v) is 19.4. The van der Waals surface area contributed by atoms with Crippen LogP contribution in [0.2, 0.25) is 0 Å². The molecule has 0 spiro atoms. The monoisotopic (exact) mass is 466 g/mol. The predicted molar refractivity (Wildman–Crippen MR) is 128 cm³/mol. The summed E-state index contributed by atoms with van der Waals surface area (Å²) >= 11 is 0. The van der Waals surface area contributed by atoms with Gasteiger partial charge in [-0.2, -0.15) is 5.10 Å². The lowest BCUT2D eigenvalue weighted by Gasteiger charge is -2.56. The fraction of sp³-hybridized carbons (Fsp3) is 0.393. The van der Waals surface area contributed by atoms with Crippen LogP contribution in [0.25, 0.3) is 28.6 Å². The first-order valence-electron chi connectivity index (χ1n) is 12.6. The summed E-state index contributed by atoms with van der Waals surface area (Å²) in [6.07, 6.45) is 9.93. The van der Waals surface area contributed by atoms with E-state index in [1.165, 1.54) is 38.5 Å². The van der Waals surface area contributed by atoms with E-state index in [2.05, 4.69) is 28.5 Å². The van der Waals surface area contributed by atoms with E-state index in [1.54, 1.807) is 0 Å². The lowest BCUT2D eigenvalue weighted by molar-refractivity contribution is -0.00714. The molecule has 7 heteroatoms. The minimum atomic E-state index is 0.109. The molecular formula is C28H26N4O3. The Kier molecular flexibility index (Phi) is 4.05. The number of para-hydroxylation sites is 1. The number of fused-ring (bicyclic) bond motifs is 1. The topological polar surface area (TPSA) is 75.2 Å². The SMILES string of the molecule is c1ccc(-n2cc(-c3nnc(-c4ccc5c(c4)OCO5)o3)c(C34CC5CC(CC(C5)C3)C4)n2)cc1. The number of hydrogen-bond acceptors (Lipinski definition) is 6. The van der Waals surface area contributed by atoms with Crippen LogP contribution < -0.4 is 9.47 Å². The third-order valence-electron chi connectivity index (χ3n) is 8.55. The van der Waals surface area contributed by atoms with Gasteiger partial charge >= 0.3 is 0 Å². The van der Waals surface area contributed by atoms with Crippen LogP contribution in [-0.2, 0) is 5.41 Å². The van der Waals surface area contributed by atoms with Crippen molar-refractivity contribution >= 4 is 0 Å². The quantitative estimate of drug-likeness (QED) is 0.379. The molecule has 0 unspecified atom stereocenters. The average Bonchev–Trinajstić information content (AvgIpc) is 3.62. The van der Waals surface area contributed by atoms with Crippen LogP contribution in [0, 0.1) is 17.8 Å². The van der Waals surface area contributed by atoms with E-state index in [-0.39, 0.29) is 12.2 Å². The number of nitrogens with zero attached hydrogens (tertiary/aromatic N) is 4. The highest BCUT2D eigenvalue weighted by molar-refractivity contribution is 5.64. The molecule has 7 nitrogen and oxygen atoms in total. The summed E-state index contributed by atoms with van der Waals surface area (Å²) in [6.45, 7) is 0.237. The molecule has 4 fully saturated rings. The summed E-state index contributed by atoms with van der Waals surface area (Å²) in [5.74, 6) is 4.91. The Morgan fingerprint density at radius 2 is 1.51 bits per heavy atom. The summed E-state index contributed by atoms with van der Waals surface area (Å²) in [7, 11) is 0. The molecule has 0 N–H and O–H groups in total. The number of hydrogen-bond donors (Lipinski definition) is 0. The van der Waals surface area contributed by atoms with Crippen molar-refractivity contribution in [3.8, 4) is 40.1 Å². The highest BCUT2D eigenvalue weighted by atomic mass is 16.7. The van der Waals surface area contributed by atoms with Gasteiger partial charge in [0, 0.05) is 17.2 Å². The highest BCUT2D eigenvalue weighted by Gasteiger charge is 2.53. The van der Waals surface area contributed by atoms with Crippen molar-refractivity contribution in [2.75, 3.05) is 6.79 Å². The molecule has 5 aliphatic rings. The molecule has 0 amide bonds. The van der Waals surface area contributed by atoms with Crippen LogP contribution in [0.3, 0.4) is 0 Å². The molecule has 0 radical (unpaired) electrons. The summed E-state index contributed by atoms with van der Waals surface area (Å²) < 4.78 is 19.3. The van der Waals surface area contributed by atoms with Crippen molar-refractivity contribution in [3.05, 3.63) is 60.4 Å². The number of benzene rings is 2. The van der Waals surface area contributed by atoms with Gasteiger partial charge < -0.3 is 13.9 Å². The molecule has 4 aliphatic carbocycles. The van der Waals surface area contributed by atoms with Gasteiger partial charge in [-0.3, -0.25) is 0 Å². The molecular weight excluding hydrogens is 440 g/mol.